The third-order valence-electron chi connectivity index (χ3n) is 4.42. The van der Waals surface area contributed by atoms with E-state index >= 15 is 0 Å². The number of amides is 1. The first-order valence-electron chi connectivity index (χ1n) is 8.24. The topological polar surface area (TPSA) is 96.3 Å². The average molecular weight is 340 g/mol. The van der Waals surface area contributed by atoms with E-state index in [9.17, 15) is 9.59 Å². The summed E-state index contributed by atoms with van der Waals surface area (Å²) in [6.07, 6.45) is 4.82. The number of carboxylic acids is 1. The van der Waals surface area contributed by atoms with Gasteiger partial charge in [0, 0.05) is 49.6 Å². The van der Waals surface area contributed by atoms with Crippen LogP contribution in [0.2, 0.25) is 0 Å². The van der Waals surface area contributed by atoms with Crippen LogP contribution in [0.1, 0.15) is 47.6 Å². The van der Waals surface area contributed by atoms with Crippen molar-refractivity contribution in [2.24, 2.45) is 0 Å². The maximum absolute atomic E-state index is 11.7. The number of aromatic carboxylic acids is 1. The molecule has 0 bridgehead atoms. The summed E-state index contributed by atoms with van der Waals surface area (Å²) in [6, 6.07) is 3.44. The average Bonchev–Trinajstić information content (AvgIpc) is 2.61. The number of hydrogen-bond acceptors (Lipinski definition) is 5. The molecular weight excluding hydrogens is 320 g/mol. The van der Waals surface area contributed by atoms with Gasteiger partial charge in [-0.3, -0.25) is 9.78 Å². The van der Waals surface area contributed by atoms with Crippen LogP contribution >= 0.6 is 0 Å². The molecule has 7 nitrogen and oxygen atoms in total. The van der Waals surface area contributed by atoms with Gasteiger partial charge in [0.2, 0.25) is 5.91 Å². The van der Waals surface area contributed by atoms with Crippen molar-refractivity contribution in [3.63, 3.8) is 0 Å². The van der Waals surface area contributed by atoms with Crippen LogP contribution < -0.4 is 0 Å². The minimum atomic E-state index is -1.02. The van der Waals surface area contributed by atoms with Gasteiger partial charge in [-0.05, 0) is 31.9 Å². The lowest BCUT2D eigenvalue weighted by atomic mass is 9.93. The molecule has 25 heavy (non-hydrogen) atoms. The first-order valence-corrected chi connectivity index (χ1v) is 8.24. The van der Waals surface area contributed by atoms with E-state index in [0.29, 0.717) is 23.6 Å². The molecule has 0 aromatic carbocycles. The normalized spacial score (nSPS) is 17.4. The molecule has 1 atom stereocenters. The summed E-state index contributed by atoms with van der Waals surface area (Å²) in [4.78, 5) is 37.6. The van der Waals surface area contributed by atoms with Gasteiger partial charge >= 0.3 is 5.97 Å². The molecule has 1 aliphatic heterocycles. The van der Waals surface area contributed by atoms with Crippen molar-refractivity contribution in [2.75, 3.05) is 13.1 Å². The van der Waals surface area contributed by atoms with Crippen molar-refractivity contribution >= 4 is 11.9 Å². The molecule has 3 heterocycles. The Balaban J connectivity index is 1.94. The maximum atomic E-state index is 11.7. The molecule has 1 aliphatic rings. The number of carboxylic acid groups (broad SMARTS) is 1. The number of likely N-dealkylation sites (tertiary alicyclic amines) is 1. The number of piperidine rings is 1. The lowest BCUT2D eigenvalue weighted by Crippen LogP contribution is -2.37. The number of nitrogens with zero attached hydrogens (tertiary/aromatic N) is 4. The number of aryl methyl sites for hydroxylation is 1. The Bertz CT molecular complexity index is 822. The molecule has 0 aliphatic carbocycles. The van der Waals surface area contributed by atoms with Crippen LogP contribution in [0.3, 0.4) is 0 Å². The first-order chi connectivity index (χ1) is 11.9. The van der Waals surface area contributed by atoms with E-state index < -0.39 is 5.97 Å². The van der Waals surface area contributed by atoms with Crippen molar-refractivity contribution < 1.29 is 14.7 Å². The zero-order chi connectivity index (χ0) is 18.0. The van der Waals surface area contributed by atoms with Gasteiger partial charge < -0.3 is 10.0 Å². The number of aromatic nitrogens is 3. The van der Waals surface area contributed by atoms with Crippen LogP contribution in [-0.4, -0.2) is 49.9 Å². The third kappa shape index (κ3) is 3.81. The van der Waals surface area contributed by atoms with Crippen LogP contribution in [0.25, 0.3) is 11.3 Å². The van der Waals surface area contributed by atoms with Crippen molar-refractivity contribution in [2.45, 2.75) is 32.6 Å². The smallest absolute Gasteiger partial charge is 0.337 e. The second kappa shape index (κ2) is 6.96. The fourth-order valence-electron chi connectivity index (χ4n) is 3.15. The molecule has 0 radical (unpaired) electrons. The predicted octanol–water partition coefficient (Wildman–Crippen LogP) is 2.27. The summed E-state index contributed by atoms with van der Waals surface area (Å²) < 4.78 is 0. The van der Waals surface area contributed by atoms with Crippen molar-refractivity contribution in [3.05, 3.63) is 41.6 Å². The molecule has 7 heteroatoms. The number of carbonyl (C=O) groups excluding carboxylic acids is 1. The Morgan fingerprint density at radius 1 is 1.24 bits per heavy atom. The Hall–Kier alpha value is -2.83. The fraction of sp³-hybridized carbons (Fsp3) is 0.389. The molecule has 1 amide bonds. The Morgan fingerprint density at radius 2 is 2.04 bits per heavy atom. The van der Waals surface area contributed by atoms with E-state index in [1.54, 1.807) is 19.2 Å². The standard InChI is InChI=1S/C18H20N4O3/c1-11-20-16(13-4-3-5-22(10-13)12(2)23)7-17(21-11)14-6-15(18(24)25)9-19-8-14/h6-9,13H,3-5,10H2,1-2H3,(H,24,25). The largest absolute Gasteiger partial charge is 0.478 e. The summed E-state index contributed by atoms with van der Waals surface area (Å²) >= 11 is 0. The van der Waals surface area contributed by atoms with E-state index in [4.69, 9.17) is 5.11 Å². The summed E-state index contributed by atoms with van der Waals surface area (Å²) in [5, 5.41) is 9.14. The van der Waals surface area contributed by atoms with E-state index in [1.165, 1.54) is 6.20 Å². The van der Waals surface area contributed by atoms with E-state index in [2.05, 4.69) is 15.0 Å². The highest BCUT2D eigenvalue weighted by Crippen LogP contribution is 2.28. The second-order valence-corrected chi connectivity index (χ2v) is 6.30. The Kier molecular flexibility index (Phi) is 4.74. The summed E-state index contributed by atoms with van der Waals surface area (Å²) in [7, 11) is 0. The second-order valence-electron chi connectivity index (χ2n) is 6.30. The molecule has 2 aromatic heterocycles. The molecule has 1 unspecified atom stereocenters. The summed E-state index contributed by atoms with van der Waals surface area (Å²) in [6.45, 7) is 4.83. The molecule has 1 N–H and O–H groups in total. The highest BCUT2D eigenvalue weighted by molar-refractivity contribution is 5.88. The highest BCUT2D eigenvalue weighted by atomic mass is 16.4. The fourth-order valence-corrected chi connectivity index (χ4v) is 3.15. The van der Waals surface area contributed by atoms with Crippen molar-refractivity contribution in [1.29, 1.82) is 0 Å². The van der Waals surface area contributed by atoms with E-state index in [1.807, 2.05) is 17.9 Å². The minimum absolute atomic E-state index is 0.0778. The zero-order valence-corrected chi connectivity index (χ0v) is 14.3. The molecule has 1 saturated heterocycles. The van der Waals surface area contributed by atoms with Gasteiger partial charge in [0.05, 0.1) is 11.3 Å². The molecule has 3 rings (SSSR count). The zero-order valence-electron chi connectivity index (χ0n) is 14.3. The molecule has 130 valence electrons. The Labute approximate surface area is 145 Å². The van der Waals surface area contributed by atoms with Gasteiger partial charge in [0.15, 0.2) is 0 Å². The number of hydrogen-bond donors (Lipinski definition) is 1. The first kappa shape index (κ1) is 17.0. The Morgan fingerprint density at radius 3 is 2.76 bits per heavy atom. The predicted molar refractivity (Wildman–Crippen MR) is 91.2 cm³/mol. The number of pyridine rings is 1. The van der Waals surface area contributed by atoms with Crippen molar-refractivity contribution in [3.8, 4) is 11.3 Å². The summed E-state index contributed by atoms with van der Waals surface area (Å²) in [5.74, 6) is -0.166. The van der Waals surface area contributed by atoms with Crippen LogP contribution in [0.15, 0.2) is 24.5 Å². The number of rotatable bonds is 3. The van der Waals surface area contributed by atoms with Crippen molar-refractivity contribution in [1.82, 2.24) is 19.9 Å². The van der Waals surface area contributed by atoms with Gasteiger partial charge in [-0.1, -0.05) is 0 Å². The van der Waals surface area contributed by atoms with E-state index in [0.717, 1.165) is 25.1 Å². The van der Waals surface area contributed by atoms with Gasteiger partial charge in [-0.25, -0.2) is 14.8 Å². The lowest BCUT2D eigenvalue weighted by Gasteiger charge is -2.32. The number of carbonyl (C=O) groups is 2. The molecule has 0 spiro atoms. The quantitative estimate of drug-likeness (QED) is 0.921. The highest BCUT2D eigenvalue weighted by Gasteiger charge is 2.24. The monoisotopic (exact) mass is 340 g/mol. The van der Waals surface area contributed by atoms with Gasteiger partial charge in [-0.2, -0.15) is 0 Å². The SMILES string of the molecule is CC(=O)N1CCCC(c2cc(-c3cncc(C(=O)O)c3)nc(C)n2)C1. The maximum Gasteiger partial charge on any atom is 0.337 e. The molecular formula is C18H20N4O3. The van der Waals surface area contributed by atoms with Gasteiger partial charge in [0.25, 0.3) is 0 Å². The van der Waals surface area contributed by atoms with Crippen LogP contribution in [0.5, 0.6) is 0 Å². The molecule has 0 saturated carbocycles. The lowest BCUT2D eigenvalue weighted by molar-refractivity contribution is -0.130. The molecule has 1 fully saturated rings. The van der Waals surface area contributed by atoms with Crippen LogP contribution in [0, 0.1) is 6.92 Å². The molecule has 2 aromatic rings. The minimum Gasteiger partial charge on any atom is -0.478 e. The van der Waals surface area contributed by atoms with E-state index in [-0.39, 0.29) is 17.4 Å². The van der Waals surface area contributed by atoms with Crippen LogP contribution in [0.4, 0.5) is 0 Å². The van der Waals surface area contributed by atoms with Gasteiger partial charge in [0.1, 0.15) is 5.82 Å². The van der Waals surface area contributed by atoms with Gasteiger partial charge in [-0.15, -0.1) is 0 Å². The summed E-state index contributed by atoms with van der Waals surface area (Å²) in [5.41, 5.74) is 2.30. The third-order valence-corrected chi connectivity index (χ3v) is 4.42. The van der Waals surface area contributed by atoms with Crippen LogP contribution in [-0.2, 0) is 4.79 Å².